The fraction of sp³-hybridized carbons (Fsp3) is 0.516. The zero-order valence-corrected chi connectivity index (χ0v) is 24.1. The maximum Gasteiger partial charge on any atom is 0.126 e. The molecule has 0 saturated heterocycles. The van der Waals surface area contributed by atoms with Gasteiger partial charge in [0.2, 0.25) is 0 Å². The molecule has 8 heteroatoms. The van der Waals surface area contributed by atoms with Crippen LogP contribution in [0.4, 0.5) is 8.78 Å². The van der Waals surface area contributed by atoms with Crippen molar-refractivity contribution in [2.45, 2.75) is 95.4 Å². The Hall–Kier alpha value is -2.32. The van der Waals surface area contributed by atoms with Crippen LogP contribution in [-0.2, 0) is 17.4 Å². The monoisotopic (exact) mass is 558 g/mol. The third-order valence-corrected chi connectivity index (χ3v) is 8.30. The molecule has 0 amide bonds. The number of hydrogen-bond donors (Lipinski definition) is 4. The van der Waals surface area contributed by atoms with Gasteiger partial charge in [0, 0.05) is 30.2 Å². The highest BCUT2D eigenvalue weighted by Crippen LogP contribution is 2.38. The van der Waals surface area contributed by atoms with Crippen molar-refractivity contribution in [3.05, 3.63) is 87.7 Å². The Bertz CT molecular complexity index is 1220. The molecule has 1 fully saturated rings. The molecule has 2 aromatic carbocycles. The molecule has 5 nitrogen and oxygen atoms in total. The SMILES string of the molecule is CC(NC(Cc1cc(F)cc(F)c1)C(O)CNC1(c2cccc(C(C)(C)C)c2)CCCCC1)c1[nH]ncc1Cl. The number of aliphatic hydroxyl groups excluding tert-OH is 1. The summed E-state index contributed by atoms with van der Waals surface area (Å²) >= 11 is 6.29. The van der Waals surface area contributed by atoms with Gasteiger partial charge in [0.15, 0.2) is 0 Å². The maximum absolute atomic E-state index is 14.0. The standard InChI is InChI=1S/C31H41ClF2N4O/c1-20(29-26(32)18-36-38-29)37-27(15-21-13-24(33)17-25(34)14-21)28(39)19-35-31(11-6-5-7-12-31)23-10-8-9-22(16-23)30(2,3)4/h8-10,13-14,16-18,20,27-28,35,37,39H,5-7,11-12,15,19H2,1-4H3,(H,36,38). The molecule has 0 spiro atoms. The van der Waals surface area contributed by atoms with E-state index in [9.17, 15) is 13.9 Å². The van der Waals surface area contributed by atoms with Gasteiger partial charge in [-0.05, 0) is 60.4 Å². The van der Waals surface area contributed by atoms with Crippen LogP contribution in [0.3, 0.4) is 0 Å². The molecule has 0 radical (unpaired) electrons. The van der Waals surface area contributed by atoms with E-state index in [1.807, 2.05) is 6.92 Å². The summed E-state index contributed by atoms with van der Waals surface area (Å²) in [4.78, 5) is 0. The van der Waals surface area contributed by atoms with Crippen molar-refractivity contribution in [2.75, 3.05) is 6.54 Å². The number of halogens is 3. The summed E-state index contributed by atoms with van der Waals surface area (Å²) in [5.41, 5.74) is 3.48. The summed E-state index contributed by atoms with van der Waals surface area (Å²) in [5, 5.41) is 26.1. The summed E-state index contributed by atoms with van der Waals surface area (Å²) in [6.45, 7) is 8.89. The van der Waals surface area contributed by atoms with Crippen LogP contribution in [-0.4, -0.2) is 34.0 Å². The number of aromatic amines is 1. The summed E-state index contributed by atoms with van der Waals surface area (Å²) in [6.07, 6.45) is 6.32. The van der Waals surface area contributed by atoms with Crippen LogP contribution in [0.15, 0.2) is 48.7 Å². The molecule has 3 atom stereocenters. The second-order valence-electron chi connectivity index (χ2n) is 12.0. The minimum absolute atomic E-state index is 0.0325. The zero-order valence-electron chi connectivity index (χ0n) is 23.3. The van der Waals surface area contributed by atoms with Crippen LogP contribution in [0.2, 0.25) is 5.02 Å². The number of benzene rings is 2. The third-order valence-electron chi connectivity index (χ3n) is 8.00. The molecule has 4 rings (SSSR count). The van der Waals surface area contributed by atoms with Gasteiger partial charge in [-0.15, -0.1) is 0 Å². The van der Waals surface area contributed by atoms with Crippen LogP contribution in [0.1, 0.15) is 88.2 Å². The minimum Gasteiger partial charge on any atom is -0.390 e. The summed E-state index contributed by atoms with van der Waals surface area (Å²) in [7, 11) is 0. The van der Waals surface area contributed by atoms with Crippen molar-refractivity contribution in [3.63, 3.8) is 0 Å². The minimum atomic E-state index is -0.843. The van der Waals surface area contributed by atoms with Gasteiger partial charge in [0.05, 0.1) is 23.0 Å². The molecule has 1 saturated carbocycles. The van der Waals surface area contributed by atoms with Gasteiger partial charge in [0.1, 0.15) is 11.6 Å². The summed E-state index contributed by atoms with van der Waals surface area (Å²) in [6, 6.07) is 11.5. The van der Waals surface area contributed by atoms with Crippen molar-refractivity contribution in [2.24, 2.45) is 0 Å². The van der Waals surface area contributed by atoms with E-state index in [1.54, 1.807) is 0 Å². The molecule has 1 aromatic heterocycles. The van der Waals surface area contributed by atoms with Gasteiger partial charge in [-0.3, -0.25) is 5.10 Å². The smallest absolute Gasteiger partial charge is 0.126 e. The van der Waals surface area contributed by atoms with Crippen molar-refractivity contribution in [1.82, 2.24) is 20.8 Å². The lowest BCUT2D eigenvalue weighted by molar-refractivity contribution is 0.0990. The summed E-state index contributed by atoms with van der Waals surface area (Å²) < 4.78 is 28.0. The molecule has 0 bridgehead atoms. The molecule has 1 aliphatic rings. The van der Waals surface area contributed by atoms with Gasteiger partial charge in [0.25, 0.3) is 0 Å². The molecule has 1 aliphatic carbocycles. The van der Waals surface area contributed by atoms with Crippen LogP contribution < -0.4 is 10.6 Å². The average molecular weight is 559 g/mol. The number of rotatable bonds is 10. The van der Waals surface area contributed by atoms with E-state index in [0.717, 1.165) is 31.7 Å². The van der Waals surface area contributed by atoms with E-state index in [2.05, 4.69) is 65.9 Å². The molecule has 3 aromatic rings. The van der Waals surface area contributed by atoms with Gasteiger partial charge in [-0.2, -0.15) is 5.10 Å². The Morgan fingerprint density at radius 2 is 1.77 bits per heavy atom. The quantitative estimate of drug-likeness (QED) is 0.223. The van der Waals surface area contributed by atoms with Crippen LogP contribution >= 0.6 is 11.6 Å². The van der Waals surface area contributed by atoms with E-state index in [4.69, 9.17) is 11.6 Å². The van der Waals surface area contributed by atoms with Gasteiger partial charge < -0.3 is 15.7 Å². The number of aliphatic hydroxyl groups is 1. The van der Waals surface area contributed by atoms with Crippen LogP contribution in [0.5, 0.6) is 0 Å². The highest BCUT2D eigenvalue weighted by atomic mass is 35.5. The van der Waals surface area contributed by atoms with Crippen molar-refractivity contribution in [1.29, 1.82) is 0 Å². The number of aromatic nitrogens is 2. The molecule has 39 heavy (non-hydrogen) atoms. The fourth-order valence-corrected chi connectivity index (χ4v) is 5.98. The second kappa shape index (κ2) is 12.5. The fourth-order valence-electron chi connectivity index (χ4n) is 5.73. The molecule has 3 unspecified atom stereocenters. The molecular weight excluding hydrogens is 518 g/mol. The first-order chi connectivity index (χ1) is 18.5. The molecular formula is C31H41ClF2N4O. The molecule has 1 heterocycles. The Balaban J connectivity index is 1.57. The van der Waals surface area contributed by atoms with Crippen molar-refractivity contribution >= 4 is 11.6 Å². The lowest BCUT2D eigenvalue weighted by atomic mass is 9.74. The van der Waals surface area contributed by atoms with Gasteiger partial charge >= 0.3 is 0 Å². The summed E-state index contributed by atoms with van der Waals surface area (Å²) in [5.74, 6) is -1.28. The van der Waals surface area contributed by atoms with Crippen molar-refractivity contribution < 1.29 is 13.9 Å². The van der Waals surface area contributed by atoms with E-state index in [-0.39, 0.29) is 23.4 Å². The first-order valence-corrected chi connectivity index (χ1v) is 14.3. The number of nitrogens with zero attached hydrogens (tertiary/aromatic N) is 1. The number of nitrogens with one attached hydrogen (secondary N) is 3. The van der Waals surface area contributed by atoms with Crippen molar-refractivity contribution in [3.8, 4) is 0 Å². The molecule has 212 valence electrons. The lowest BCUT2D eigenvalue weighted by Crippen LogP contribution is -2.52. The predicted octanol–water partition coefficient (Wildman–Crippen LogP) is 6.71. The first kappa shape index (κ1) is 29.7. The Morgan fingerprint density at radius 3 is 2.38 bits per heavy atom. The van der Waals surface area contributed by atoms with Crippen LogP contribution in [0, 0.1) is 11.6 Å². The van der Waals surface area contributed by atoms with Gasteiger partial charge in [-0.1, -0.05) is 75.9 Å². The Kier molecular flexibility index (Phi) is 9.48. The maximum atomic E-state index is 14.0. The largest absolute Gasteiger partial charge is 0.390 e. The van der Waals surface area contributed by atoms with Gasteiger partial charge in [-0.25, -0.2) is 8.78 Å². The van der Waals surface area contributed by atoms with E-state index in [1.165, 1.54) is 35.9 Å². The number of H-pyrrole nitrogens is 1. The number of hydrogen-bond acceptors (Lipinski definition) is 4. The molecule has 0 aliphatic heterocycles. The first-order valence-electron chi connectivity index (χ1n) is 13.9. The normalized spacial score (nSPS) is 18.1. The third kappa shape index (κ3) is 7.46. The Morgan fingerprint density at radius 1 is 1.08 bits per heavy atom. The Labute approximate surface area is 235 Å². The van der Waals surface area contributed by atoms with E-state index < -0.39 is 23.8 Å². The topological polar surface area (TPSA) is 73.0 Å². The highest BCUT2D eigenvalue weighted by Gasteiger charge is 2.35. The second-order valence-corrected chi connectivity index (χ2v) is 12.4. The highest BCUT2D eigenvalue weighted by molar-refractivity contribution is 6.31. The van der Waals surface area contributed by atoms with Crippen LogP contribution in [0.25, 0.3) is 0 Å². The molecule has 4 N–H and O–H groups in total. The lowest BCUT2D eigenvalue weighted by Gasteiger charge is -2.41. The van der Waals surface area contributed by atoms with E-state index >= 15 is 0 Å². The van der Waals surface area contributed by atoms with E-state index in [0.29, 0.717) is 22.8 Å². The zero-order chi connectivity index (χ0) is 28.2. The average Bonchev–Trinajstić information content (AvgIpc) is 3.32. The predicted molar refractivity (Wildman–Crippen MR) is 153 cm³/mol.